The van der Waals surface area contributed by atoms with Crippen LogP contribution in [0.25, 0.3) is 0 Å². The van der Waals surface area contributed by atoms with E-state index < -0.39 is 14.2 Å². The third-order valence-corrected chi connectivity index (χ3v) is 3.85. The van der Waals surface area contributed by atoms with Crippen LogP contribution < -0.4 is 11.1 Å². The lowest BCUT2D eigenvalue weighted by molar-refractivity contribution is 0.138. The van der Waals surface area contributed by atoms with Crippen molar-refractivity contribution in [3.63, 3.8) is 0 Å². The molecular formula is C10H24N2O3Si. The smallest absolute Gasteiger partial charge is 0.407 e. The lowest BCUT2D eigenvalue weighted by Crippen LogP contribution is -2.32. The second kappa shape index (κ2) is 7.64. The standard InChI is InChI=1S/C10H24N2O3Si/c1-16(2,3)7-5-12-10(14)15-6-4-9(11)8-13/h9,13H,4-8,11H2,1-3H3,(H,12,14). The topological polar surface area (TPSA) is 84.6 Å². The minimum atomic E-state index is -1.10. The Morgan fingerprint density at radius 2 is 2.12 bits per heavy atom. The molecule has 0 aromatic rings. The lowest BCUT2D eigenvalue weighted by atomic mass is 10.2. The Balaban J connectivity index is 3.46. The number of amides is 1. The third kappa shape index (κ3) is 9.94. The molecule has 0 radical (unpaired) electrons. The predicted octanol–water partition coefficient (Wildman–Crippen LogP) is 0.761. The van der Waals surface area contributed by atoms with Crippen molar-refractivity contribution in [3.05, 3.63) is 0 Å². The zero-order chi connectivity index (χ0) is 12.6. The van der Waals surface area contributed by atoms with Gasteiger partial charge in [0.05, 0.1) is 13.2 Å². The van der Waals surface area contributed by atoms with Gasteiger partial charge in [0, 0.05) is 20.7 Å². The van der Waals surface area contributed by atoms with E-state index >= 15 is 0 Å². The molecule has 16 heavy (non-hydrogen) atoms. The molecule has 4 N–H and O–H groups in total. The first kappa shape index (κ1) is 15.4. The highest BCUT2D eigenvalue weighted by molar-refractivity contribution is 6.76. The molecule has 0 saturated heterocycles. The number of nitrogens with one attached hydrogen (secondary N) is 1. The number of carbonyl (C=O) groups excluding carboxylic acids is 1. The van der Waals surface area contributed by atoms with Crippen LogP contribution in [0.4, 0.5) is 4.79 Å². The molecule has 0 aromatic carbocycles. The summed E-state index contributed by atoms with van der Waals surface area (Å²) in [5, 5.41) is 11.4. The van der Waals surface area contributed by atoms with Gasteiger partial charge in [-0.05, 0) is 12.5 Å². The fraction of sp³-hybridized carbons (Fsp3) is 0.900. The average molecular weight is 248 g/mol. The fourth-order valence-corrected chi connectivity index (χ4v) is 1.86. The highest BCUT2D eigenvalue weighted by Crippen LogP contribution is 2.05. The number of nitrogens with two attached hydrogens (primary N) is 1. The van der Waals surface area contributed by atoms with Crippen LogP contribution in [0.1, 0.15) is 6.42 Å². The molecule has 1 atom stereocenters. The van der Waals surface area contributed by atoms with Crippen molar-refractivity contribution < 1.29 is 14.6 Å². The number of hydrogen-bond donors (Lipinski definition) is 3. The summed E-state index contributed by atoms with van der Waals surface area (Å²) in [7, 11) is -1.10. The van der Waals surface area contributed by atoms with E-state index in [9.17, 15) is 4.79 Å². The molecular weight excluding hydrogens is 224 g/mol. The Hall–Kier alpha value is -0.593. The molecule has 5 nitrogen and oxygen atoms in total. The van der Waals surface area contributed by atoms with Crippen molar-refractivity contribution in [3.8, 4) is 0 Å². The number of carbonyl (C=O) groups is 1. The number of aliphatic hydroxyl groups is 1. The summed E-state index contributed by atoms with van der Waals surface area (Å²) >= 11 is 0. The van der Waals surface area contributed by atoms with E-state index in [1.54, 1.807) is 0 Å². The normalized spacial score (nSPS) is 13.3. The van der Waals surface area contributed by atoms with E-state index in [0.717, 1.165) is 6.04 Å². The van der Waals surface area contributed by atoms with Crippen LogP contribution in [0.15, 0.2) is 0 Å². The first-order valence-corrected chi connectivity index (χ1v) is 9.33. The van der Waals surface area contributed by atoms with E-state index in [4.69, 9.17) is 15.6 Å². The Bertz CT molecular complexity index is 207. The highest BCUT2D eigenvalue weighted by Gasteiger charge is 2.13. The molecule has 96 valence electrons. The summed E-state index contributed by atoms with van der Waals surface area (Å²) in [5.41, 5.74) is 5.46. The SMILES string of the molecule is C[Si](C)(C)CCNC(=O)OCCC(N)CO. The van der Waals surface area contributed by atoms with Gasteiger partial charge in [0.1, 0.15) is 0 Å². The summed E-state index contributed by atoms with van der Waals surface area (Å²) in [4.78, 5) is 11.2. The molecule has 0 bridgehead atoms. The quantitative estimate of drug-likeness (QED) is 0.581. The Labute approximate surface area is 98.4 Å². The molecule has 0 saturated carbocycles. The molecule has 0 aliphatic carbocycles. The van der Waals surface area contributed by atoms with Crippen molar-refractivity contribution >= 4 is 14.2 Å². The van der Waals surface area contributed by atoms with Crippen molar-refractivity contribution in [1.82, 2.24) is 5.32 Å². The molecule has 1 unspecified atom stereocenters. The largest absolute Gasteiger partial charge is 0.449 e. The molecule has 0 heterocycles. The van der Waals surface area contributed by atoms with E-state index in [1.807, 2.05) is 0 Å². The summed E-state index contributed by atoms with van der Waals surface area (Å²) in [6.45, 7) is 7.59. The number of rotatable bonds is 7. The van der Waals surface area contributed by atoms with Crippen molar-refractivity contribution in [1.29, 1.82) is 0 Å². The van der Waals surface area contributed by atoms with Crippen molar-refractivity contribution in [2.45, 2.75) is 38.1 Å². The molecule has 0 spiro atoms. The summed E-state index contributed by atoms with van der Waals surface area (Å²) in [6.07, 6.45) is 0.0844. The van der Waals surface area contributed by atoms with Gasteiger partial charge in [-0.3, -0.25) is 0 Å². The minimum absolute atomic E-state index is 0.0827. The van der Waals surface area contributed by atoms with Gasteiger partial charge in [0.25, 0.3) is 0 Å². The van der Waals surface area contributed by atoms with E-state index in [0.29, 0.717) is 13.0 Å². The van der Waals surface area contributed by atoms with Gasteiger partial charge in [-0.15, -0.1) is 0 Å². The summed E-state index contributed by atoms with van der Waals surface area (Å²) in [5.74, 6) is 0. The molecule has 0 aromatic heterocycles. The van der Waals surface area contributed by atoms with Crippen LogP contribution in [0, 0.1) is 0 Å². The van der Waals surface area contributed by atoms with Crippen molar-refractivity contribution in [2.75, 3.05) is 19.8 Å². The molecule has 0 fully saturated rings. The lowest BCUT2D eigenvalue weighted by Gasteiger charge is -2.15. The summed E-state index contributed by atoms with van der Waals surface area (Å²) < 4.78 is 4.90. The first-order chi connectivity index (χ1) is 7.35. The minimum Gasteiger partial charge on any atom is -0.449 e. The number of alkyl carbamates (subject to hydrolysis) is 1. The molecule has 1 amide bonds. The number of hydrogen-bond acceptors (Lipinski definition) is 4. The van der Waals surface area contributed by atoms with E-state index in [-0.39, 0.29) is 19.3 Å². The van der Waals surface area contributed by atoms with Crippen LogP contribution in [-0.4, -0.2) is 45.1 Å². The molecule has 0 aliphatic rings. The molecule has 0 rings (SSSR count). The van der Waals surface area contributed by atoms with Crippen LogP contribution in [-0.2, 0) is 4.74 Å². The first-order valence-electron chi connectivity index (χ1n) is 5.62. The predicted molar refractivity (Wildman–Crippen MR) is 67.2 cm³/mol. The van der Waals surface area contributed by atoms with Crippen LogP contribution in [0.2, 0.25) is 25.7 Å². The van der Waals surface area contributed by atoms with Gasteiger partial charge in [-0.25, -0.2) is 4.79 Å². The highest BCUT2D eigenvalue weighted by atomic mass is 28.3. The van der Waals surface area contributed by atoms with E-state index in [2.05, 4.69) is 25.0 Å². The number of aliphatic hydroxyl groups excluding tert-OH is 1. The van der Waals surface area contributed by atoms with Gasteiger partial charge in [-0.2, -0.15) is 0 Å². The average Bonchev–Trinajstić information content (AvgIpc) is 2.15. The van der Waals surface area contributed by atoms with Gasteiger partial charge in [0.2, 0.25) is 0 Å². The van der Waals surface area contributed by atoms with E-state index in [1.165, 1.54) is 0 Å². The van der Waals surface area contributed by atoms with Gasteiger partial charge in [0.15, 0.2) is 0 Å². The zero-order valence-electron chi connectivity index (χ0n) is 10.5. The Morgan fingerprint density at radius 3 is 2.62 bits per heavy atom. The van der Waals surface area contributed by atoms with Gasteiger partial charge < -0.3 is 20.9 Å². The zero-order valence-corrected chi connectivity index (χ0v) is 11.5. The molecule has 6 heteroatoms. The Morgan fingerprint density at radius 1 is 1.50 bits per heavy atom. The fourth-order valence-electron chi connectivity index (χ4n) is 0.985. The maximum atomic E-state index is 11.2. The van der Waals surface area contributed by atoms with Gasteiger partial charge in [-0.1, -0.05) is 19.6 Å². The third-order valence-electron chi connectivity index (χ3n) is 2.10. The Kier molecular flexibility index (Phi) is 7.36. The second-order valence-corrected chi connectivity index (χ2v) is 10.7. The molecule has 0 aliphatic heterocycles. The van der Waals surface area contributed by atoms with Crippen LogP contribution in [0.3, 0.4) is 0 Å². The van der Waals surface area contributed by atoms with Crippen molar-refractivity contribution in [2.24, 2.45) is 5.73 Å². The second-order valence-electron chi connectivity index (χ2n) is 5.10. The van der Waals surface area contributed by atoms with Crippen LogP contribution in [0.5, 0.6) is 0 Å². The maximum absolute atomic E-state index is 11.2. The summed E-state index contributed by atoms with van der Waals surface area (Å²) in [6, 6.07) is 0.730. The van der Waals surface area contributed by atoms with Gasteiger partial charge >= 0.3 is 6.09 Å². The van der Waals surface area contributed by atoms with Crippen LogP contribution >= 0.6 is 0 Å². The number of ether oxygens (including phenoxy) is 1. The maximum Gasteiger partial charge on any atom is 0.407 e. The monoisotopic (exact) mass is 248 g/mol.